The van der Waals surface area contributed by atoms with Crippen LogP contribution >= 0.6 is 11.3 Å². The number of anilines is 1. The molecule has 1 unspecified atom stereocenters. The van der Waals surface area contributed by atoms with Crippen molar-refractivity contribution in [1.29, 1.82) is 0 Å². The first kappa shape index (κ1) is 9.97. The second-order valence-electron chi connectivity index (χ2n) is 4.12. The average molecular weight is 210 g/mol. The number of aryl methyl sites for hydroxylation is 1. The van der Waals surface area contributed by atoms with Crippen molar-refractivity contribution in [2.45, 2.75) is 45.6 Å². The van der Waals surface area contributed by atoms with Crippen LogP contribution in [0.1, 0.15) is 38.8 Å². The van der Waals surface area contributed by atoms with Gasteiger partial charge in [-0.2, -0.15) is 0 Å². The van der Waals surface area contributed by atoms with Crippen molar-refractivity contribution in [3.8, 4) is 0 Å². The summed E-state index contributed by atoms with van der Waals surface area (Å²) in [6.45, 7) is 4.42. The van der Waals surface area contributed by atoms with Gasteiger partial charge in [0.15, 0.2) is 5.13 Å². The predicted molar refractivity (Wildman–Crippen MR) is 61.9 cm³/mol. The first-order valence-corrected chi connectivity index (χ1v) is 6.38. The molecule has 1 fully saturated rings. The molecule has 1 aliphatic rings. The number of nitrogens with one attached hydrogen (secondary N) is 1. The molecule has 1 aromatic rings. The molecule has 0 aromatic carbocycles. The summed E-state index contributed by atoms with van der Waals surface area (Å²) in [5, 5.41) is 6.75. The fourth-order valence-electron chi connectivity index (χ4n) is 1.79. The van der Waals surface area contributed by atoms with Crippen molar-refractivity contribution in [2.75, 3.05) is 5.32 Å². The molecule has 1 N–H and O–H groups in total. The van der Waals surface area contributed by atoms with E-state index in [1.165, 1.54) is 25.0 Å². The number of nitrogens with zero attached hydrogens (tertiary/aromatic N) is 1. The summed E-state index contributed by atoms with van der Waals surface area (Å²) in [7, 11) is 0. The Morgan fingerprint density at radius 3 is 2.93 bits per heavy atom. The molecule has 1 heterocycles. The second-order valence-corrected chi connectivity index (χ2v) is 4.98. The van der Waals surface area contributed by atoms with E-state index in [0.717, 1.165) is 17.5 Å². The molecular weight excluding hydrogens is 192 g/mol. The lowest BCUT2D eigenvalue weighted by atomic mass is 9.80. The van der Waals surface area contributed by atoms with E-state index in [0.29, 0.717) is 6.04 Å². The fourth-order valence-corrected chi connectivity index (χ4v) is 2.68. The van der Waals surface area contributed by atoms with E-state index in [1.807, 2.05) is 0 Å². The molecule has 1 aromatic heterocycles. The Morgan fingerprint density at radius 2 is 2.43 bits per heavy atom. The minimum absolute atomic E-state index is 0.597. The van der Waals surface area contributed by atoms with Crippen LogP contribution in [0, 0.1) is 5.92 Å². The van der Waals surface area contributed by atoms with Gasteiger partial charge in [-0.25, -0.2) is 4.98 Å². The van der Waals surface area contributed by atoms with Crippen LogP contribution < -0.4 is 5.32 Å². The molecular formula is C11H18N2S. The minimum atomic E-state index is 0.597. The van der Waals surface area contributed by atoms with Gasteiger partial charge in [-0.15, -0.1) is 11.3 Å². The van der Waals surface area contributed by atoms with Gasteiger partial charge in [0.25, 0.3) is 0 Å². The van der Waals surface area contributed by atoms with Gasteiger partial charge in [-0.1, -0.05) is 13.3 Å². The molecule has 14 heavy (non-hydrogen) atoms. The summed E-state index contributed by atoms with van der Waals surface area (Å²) in [5.41, 5.74) is 1.21. The summed E-state index contributed by atoms with van der Waals surface area (Å²) in [6.07, 6.45) is 5.23. The van der Waals surface area contributed by atoms with E-state index in [9.17, 15) is 0 Å². The topological polar surface area (TPSA) is 24.9 Å². The third kappa shape index (κ3) is 2.08. The molecule has 0 radical (unpaired) electrons. The molecule has 3 heteroatoms. The van der Waals surface area contributed by atoms with Crippen molar-refractivity contribution in [2.24, 2.45) is 5.92 Å². The van der Waals surface area contributed by atoms with Gasteiger partial charge < -0.3 is 5.32 Å². The quantitative estimate of drug-likeness (QED) is 0.824. The summed E-state index contributed by atoms with van der Waals surface area (Å²) >= 11 is 1.73. The van der Waals surface area contributed by atoms with Crippen LogP contribution in [0.5, 0.6) is 0 Å². The van der Waals surface area contributed by atoms with Crippen LogP contribution in [0.15, 0.2) is 5.38 Å². The van der Waals surface area contributed by atoms with Gasteiger partial charge in [-0.05, 0) is 32.1 Å². The molecule has 0 spiro atoms. The van der Waals surface area contributed by atoms with Crippen LogP contribution in [-0.2, 0) is 6.42 Å². The average Bonchev–Trinajstić information content (AvgIpc) is 2.48. The molecule has 0 amide bonds. The Hall–Kier alpha value is -0.570. The smallest absolute Gasteiger partial charge is 0.183 e. The van der Waals surface area contributed by atoms with Crippen molar-refractivity contribution in [3.05, 3.63) is 11.1 Å². The van der Waals surface area contributed by atoms with E-state index >= 15 is 0 Å². The molecule has 78 valence electrons. The zero-order chi connectivity index (χ0) is 9.97. The molecule has 0 bridgehead atoms. The molecule has 2 nitrogen and oxygen atoms in total. The van der Waals surface area contributed by atoms with E-state index in [-0.39, 0.29) is 0 Å². The van der Waals surface area contributed by atoms with Gasteiger partial charge in [-0.3, -0.25) is 0 Å². The first-order valence-electron chi connectivity index (χ1n) is 5.50. The maximum atomic E-state index is 4.52. The van der Waals surface area contributed by atoms with Crippen LogP contribution in [-0.4, -0.2) is 11.0 Å². The Balaban J connectivity index is 1.89. The molecule has 1 atom stereocenters. The number of thiazole rings is 1. The van der Waals surface area contributed by atoms with E-state index in [1.54, 1.807) is 11.3 Å². The van der Waals surface area contributed by atoms with Gasteiger partial charge in [0, 0.05) is 11.4 Å². The SMILES string of the molecule is CCc1csc(NC(C)C2CCC2)n1. The van der Waals surface area contributed by atoms with Crippen molar-refractivity contribution >= 4 is 16.5 Å². The Kier molecular flexibility index (Phi) is 3.06. The van der Waals surface area contributed by atoms with Gasteiger partial charge >= 0.3 is 0 Å². The Morgan fingerprint density at radius 1 is 1.64 bits per heavy atom. The third-order valence-electron chi connectivity index (χ3n) is 3.12. The highest BCUT2D eigenvalue weighted by Gasteiger charge is 2.24. The normalized spacial score (nSPS) is 19.0. The molecule has 1 saturated carbocycles. The van der Waals surface area contributed by atoms with E-state index in [2.05, 4.69) is 29.5 Å². The lowest BCUT2D eigenvalue weighted by Gasteiger charge is -2.31. The Bertz CT molecular complexity index is 291. The molecule has 1 aliphatic carbocycles. The van der Waals surface area contributed by atoms with Crippen molar-refractivity contribution < 1.29 is 0 Å². The minimum Gasteiger partial charge on any atom is -0.359 e. The number of hydrogen-bond donors (Lipinski definition) is 1. The van der Waals surface area contributed by atoms with Crippen LogP contribution in [0.4, 0.5) is 5.13 Å². The largest absolute Gasteiger partial charge is 0.359 e. The van der Waals surface area contributed by atoms with Crippen molar-refractivity contribution in [1.82, 2.24) is 4.98 Å². The van der Waals surface area contributed by atoms with Gasteiger partial charge in [0.2, 0.25) is 0 Å². The molecule has 0 aliphatic heterocycles. The lowest BCUT2D eigenvalue weighted by Crippen LogP contribution is -2.30. The third-order valence-corrected chi connectivity index (χ3v) is 3.94. The maximum absolute atomic E-state index is 4.52. The molecule has 2 rings (SSSR count). The second kappa shape index (κ2) is 4.30. The highest BCUT2D eigenvalue weighted by Crippen LogP contribution is 2.31. The fraction of sp³-hybridized carbons (Fsp3) is 0.727. The summed E-state index contributed by atoms with van der Waals surface area (Å²) in [4.78, 5) is 4.52. The van der Waals surface area contributed by atoms with Crippen LogP contribution in [0.3, 0.4) is 0 Å². The van der Waals surface area contributed by atoms with E-state index in [4.69, 9.17) is 0 Å². The predicted octanol–water partition coefficient (Wildman–Crippen LogP) is 3.31. The zero-order valence-electron chi connectivity index (χ0n) is 8.92. The highest BCUT2D eigenvalue weighted by atomic mass is 32.1. The molecule has 0 saturated heterocycles. The summed E-state index contributed by atoms with van der Waals surface area (Å²) in [5.74, 6) is 0.879. The van der Waals surface area contributed by atoms with E-state index < -0.39 is 0 Å². The summed E-state index contributed by atoms with van der Waals surface area (Å²) < 4.78 is 0. The van der Waals surface area contributed by atoms with Crippen LogP contribution in [0.2, 0.25) is 0 Å². The number of hydrogen-bond acceptors (Lipinski definition) is 3. The van der Waals surface area contributed by atoms with Gasteiger partial charge in [0.1, 0.15) is 0 Å². The highest BCUT2D eigenvalue weighted by molar-refractivity contribution is 7.13. The zero-order valence-corrected chi connectivity index (χ0v) is 9.73. The van der Waals surface area contributed by atoms with Crippen LogP contribution in [0.25, 0.3) is 0 Å². The Labute approximate surface area is 89.8 Å². The van der Waals surface area contributed by atoms with Gasteiger partial charge in [0.05, 0.1) is 5.69 Å². The number of aromatic nitrogens is 1. The number of rotatable bonds is 4. The summed E-state index contributed by atoms with van der Waals surface area (Å²) in [6, 6.07) is 0.597. The standard InChI is InChI=1S/C11H18N2S/c1-3-10-7-14-11(13-10)12-8(2)9-5-4-6-9/h7-9H,3-6H2,1-2H3,(H,12,13). The monoisotopic (exact) mass is 210 g/mol. The lowest BCUT2D eigenvalue weighted by molar-refractivity contribution is 0.285. The van der Waals surface area contributed by atoms with Crippen molar-refractivity contribution in [3.63, 3.8) is 0 Å². The maximum Gasteiger partial charge on any atom is 0.183 e. The first-order chi connectivity index (χ1) is 6.79.